The van der Waals surface area contributed by atoms with Gasteiger partial charge in [-0.15, -0.1) is 0 Å². The van der Waals surface area contributed by atoms with E-state index in [1.807, 2.05) is 11.9 Å². The maximum Gasteiger partial charge on any atom is 0.320 e. The quantitative estimate of drug-likeness (QED) is 0.555. The van der Waals surface area contributed by atoms with Crippen LogP contribution in [-0.4, -0.2) is 92.3 Å². The molecule has 0 aromatic heterocycles. The molecule has 0 radical (unpaired) electrons. The second-order valence-corrected chi connectivity index (χ2v) is 7.11. The summed E-state index contributed by atoms with van der Waals surface area (Å²) < 4.78 is 21.5. The Morgan fingerprint density at radius 2 is 2.07 bits per heavy atom. The number of hydrogen-bond donors (Lipinski definition) is 2. The standard InChI is InChI=1S/C20H28N2O7/c1-22-16(5-6-17(22)20(24)25)15-12-29-19(21-15)14-4-3-13(11-18(14)23)28-10-9-27-8-7-26-2/h3-4,11,15-17,23H,5-10,12H2,1-2H3,(H,24,25)/t15-,16+,17+/m0/s1. The Labute approximate surface area is 169 Å². The molecule has 0 aliphatic carbocycles. The van der Waals surface area contributed by atoms with E-state index >= 15 is 0 Å². The summed E-state index contributed by atoms with van der Waals surface area (Å²) in [6.45, 7) is 2.20. The average molecular weight is 408 g/mol. The van der Waals surface area contributed by atoms with Gasteiger partial charge >= 0.3 is 5.97 Å². The third-order valence-corrected chi connectivity index (χ3v) is 5.28. The van der Waals surface area contributed by atoms with Crippen LogP contribution in [0.1, 0.15) is 18.4 Å². The number of ether oxygens (including phenoxy) is 4. The van der Waals surface area contributed by atoms with Crippen LogP contribution in [0.4, 0.5) is 0 Å². The zero-order chi connectivity index (χ0) is 20.8. The lowest BCUT2D eigenvalue weighted by Gasteiger charge is -2.25. The summed E-state index contributed by atoms with van der Waals surface area (Å²) >= 11 is 0. The number of carbonyl (C=O) groups is 1. The molecule has 1 fully saturated rings. The van der Waals surface area contributed by atoms with Crippen LogP contribution in [0, 0.1) is 0 Å². The van der Waals surface area contributed by atoms with Gasteiger partial charge in [0.25, 0.3) is 0 Å². The Kier molecular flexibility index (Phi) is 7.29. The molecular weight excluding hydrogens is 380 g/mol. The van der Waals surface area contributed by atoms with Gasteiger partial charge in [-0.1, -0.05) is 0 Å². The molecule has 3 rings (SSSR count). The second kappa shape index (κ2) is 9.91. The molecule has 0 amide bonds. The van der Waals surface area contributed by atoms with Gasteiger partial charge in [0.1, 0.15) is 36.8 Å². The monoisotopic (exact) mass is 408 g/mol. The van der Waals surface area contributed by atoms with E-state index in [1.165, 1.54) is 6.07 Å². The summed E-state index contributed by atoms with van der Waals surface area (Å²) in [7, 11) is 3.43. The van der Waals surface area contributed by atoms with Gasteiger partial charge in [-0.2, -0.15) is 0 Å². The molecule has 3 atom stereocenters. The largest absolute Gasteiger partial charge is 0.507 e. The van der Waals surface area contributed by atoms with Crippen LogP contribution in [0.3, 0.4) is 0 Å². The number of rotatable bonds is 10. The van der Waals surface area contributed by atoms with Gasteiger partial charge in [-0.25, -0.2) is 4.99 Å². The minimum absolute atomic E-state index is 0.0106. The highest BCUT2D eigenvalue weighted by Gasteiger charge is 2.41. The van der Waals surface area contributed by atoms with Crippen molar-refractivity contribution in [3.05, 3.63) is 23.8 Å². The first-order chi connectivity index (χ1) is 14.0. The highest BCUT2D eigenvalue weighted by atomic mass is 16.5. The number of aliphatic imine (C=N–C) groups is 1. The second-order valence-electron chi connectivity index (χ2n) is 7.11. The maximum absolute atomic E-state index is 11.3. The van der Waals surface area contributed by atoms with Crippen LogP contribution in [0.5, 0.6) is 11.5 Å². The summed E-state index contributed by atoms with van der Waals surface area (Å²) in [6, 6.07) is 4.34. The van der Waals surface area contributed by atoms with Crippen molar-refractivity contribution in [2.24, 2.45) is 4.99 Å². The Morgan fingerprint density at radius 3 is 2.76 bits per heavy atom. The number of hydrogen-bond acceptors (Lipinski definition) is 8. The lowest BCUT2D eigenvalue weighted by atomic mass is 10.1. The minimum Gasteiger partial charge on any atom is -0.507 e. The molecule has 1 aromatic rings. The SMILES string of the molecule is COCCOCCOc1ccc(C2=N[C@H]([C@H]3CC[C@H](C(=O)O)N3C)CO2)c(O)c1. The number of likely N-dealkylation sites (tertiary alicyclic amines) is 1. The number of likely N-dealkylation sites (N-methyl/N-ethyl adjacent to an activating group) is 1. The summed E-state index contributed by atoms with van der Waals surface area (Å²) in [5, 5.41) is 19.7. The molecule has 2 N–H and O–H groups in total. The summed E-state index contributed by atoms with van der Waals surface area (Å²) in [5.41, 5.74) is 0.492. The molecule has 2 aliphatic heterocycles. The molecule has 1 aromatic carbocycles. The Hall–Kier alpha value is -2.36. The predicted molar refractivity (Wildman–Crippen MR) is 105 cm³/mol. The normalized spacial score (nSPS) is 24.3. The molecule has 2 aliphatic rings. The Balaban J connectivity index is 1.57. The fourth-order valence-corrected chi connectivity index (χ4v) is 3.71. The van der Waals surface area contributed by atoms with Crippen molar-refractivity contribution >= 4 is 11.9 Å². The molecule has 0 spiro atoms. The van der Waals surface area contributed by atoms with Gasteiger partial charge < -0.3 is 29.2 Å². The van der Waals surface area contributed by atoms with Gasteiger partial charge in [-0.3, -0.25) is 9.69 Å². The zero-order valence-corrected chi connectivity index (χ0v) is 16.7. The number of benzene rings is 1. The van der Waals surface area contributed by atoms with Crippen LogP contribution in [0.25, 0.3) is 0 Å². The fourth-order valence-electron chi connectivity index (χ4n) is 3.71. The van der Waals surface area contributed by atoms with Crippen LogP contribution in [0.15, 0.2) is 23.2 Å². The summed E-state index contributed by atoms with van der Waals surface area (Å²) in [6.07, 6.45) is 1.35. The molecule has 29 heavy (non-hydrogen) atoms. The van der Waals surface area contributed by atoms with Crippen molar-refractivity contribution in [3.8, 4) is 11.5 Å². The molecule has 9 nitrogen and oxygen atoms in total. The van der Waals surface area contributed by atoms with Crippen molar-refractivity contribution in [2.75, 3.05) is 47.2 Å². The number of carboxylic acids is 1. The number of methoxy groups -OCH3 is 1. The summed E-state index contributed by atoms with van der Waals surface area (Å²) in [5.74, 6) is 0.103. The third kappa shape index (κ3) is 5.17. The van der Waals surface area contributed by atoms with Crippen molar-refractivity contribution in [1.82, 2.24) is 4.90 Å². The average Bonchev–Trinajstić information content (AvgIpc) is 3.31. The lowest BCUT2D eigenvalue weighted by molar-refractivity contribution is -0.142. The van der Waals surface area contributed by atoms with E-state index in [-0.39, 0.29) is 17.8 Å². The zero-order valence-electron chi connectivity index (χ0n) is 16.7. The van der Waals surface area contributed by atoms with E-state index < -0.39 is 12.0 Å². The molecule has 9 heteroatoms. The predicted octanol–water partition coefficient (Wildman–Crippen LogP) is 1.13. The first-order valence-electron chi connectivity index (χ1n) is 9.69. The lowest BCUT2D eigenvalue weighted by Crippen LogP contribution is -2.43. The first kappa shape index (κ1) is 21.4. The van der Waals surface area contributed by atoms with Crippen LogP contribution >= 0.6 is 0 Å². The van der Waals surface area contributed by atoms with Crippen molar-refractivity contribution < 1.29 is 34.0 Å². The van der Waals surface area contributed by atoms with E-state index in [2.05, 4.69) is 4.99 Å². The molecule has 160 valence electrons. The van der Waals surface area contributed by atoms with Crippen LogP contribution < -0.4 is 4.74 Å². The number of aromatic hydroxyl groups is 1. The fraction of sp³-hybridized carbons (Fsp3) is 0.600. The van der Waals surface area contributed by atoms with E-state index in [0.29, 0.717) is 56.7 Å². The molecule has 0 saturated carbocycles. The summed E-state index contributed by atoms with van der Waals surface area (Å²) in [4.78, 5) is 17.8. The Morgan fingerprint density at radius 1 is 1.28 bits per heavy atom. The van der Waals surface area contributed by atoms with Crippen molar-refractivity contribution in [3.63, 3.8) is 0 Å². The molecule has 2 heterocycles. The van der Waals surface area contributed by atoms with Gasteiger partial charge in [0, 0.05) is 19.2 Å². The van der Waals surface area contributed by atoms with E-state index in [4.69, 9.17) is 18.9 Å². The molecular formula is C20H28N2O7. The number of phenols is 1. The number of aliphatic carboxylic acids is 1. The van der Waals surface area contributed by atoms with E-state index in [1.54, 1.807) is 19.2 Å². The van der Waals surface area contributed by atoms with E-state index in [0.717, 1.165) is 6.42 Å². The highest BCUT2D eigenvalue weighted by molar-refractivity contribution is 5.98. The molecule has 0 unspecified atom stereocenters. The Bertz CT molecular complexity index is 740. The topological polar surface area (TPSA) is 110 Å². The van der Waals surface area contributed by atoms with Crippen molar-refractivity contribution in [2.45, 2.75) is 31.0 Å². The minimum atomic E-state index is -0.810. The first-order valence-corrected chi connectivity index (χ1v) is 9.69. The van der Waals surface area contributed by atoms with Gasteiger partial charge in [0.05, 0.1) is 25.4 Å². The van der Waals surface area contributed by atoms with Crippen molar-refractivity contribution in [1.29, 1.82) is 0 Å². The van der Waals surface area contributed by atoms with Crippen LogP contribution in [0.2, 0.25) is 0 Å². The highest BCUT2D eigenvalue weighted by Crippen LogP contribution is 2.31. The molecule has 1 saturated heterocycles. The van der Waals surface area contributed by atoms with Gasteiger partial charge in [-0.05, 0) is 32.0 Å². The number of carboxylic acid groups (broad SMARTS) is 1. The maximum atomic E-state index is 11.3. The van der Waals surface area contributed by atoms with Crippen LogP contribution in [-0.2, 0) is 19.0 Å². The number of phenolic OH excluding ortho intramolecular Hbond substituents is 1. The van der Waals surface area contributed by atoms with Gasteiger partial charge in [0.15, 0.2) is 0 Å². The van der Waals surface area contributed by atoms with Gasteiger partial charge in [0.2, 0.25) is 5.90 Å². The third-order valence-electron chi connectivity index (χ3n) is 5.28. The smallest absolute Gasteiger partial charge is 0.320 e. The number of nitrogens with zero attached hydrogens (tertiary/aromatic N) is 2. The molecule has 0 bridgehead atoms. The van der Waals surface area contributed by atoms with E-state index in [9.17, 15) is 15.0 Å².